The number of H-pyrrole nitrogens is 1. The summed E-state index contributed by atoms with van der Waals surface area (Å²) >= 11 is 0. The van der Waals surface area contributed by atoms with Gasteiger partial charge in [0.25, 0.3) is 5.91 Å². The van der Waals surface area contributed by atoms with Gasteiger partial charge >= 0.3 is 5.97 Å². The number of primary amides is 1. The number of pyridine rings is 1. The molecule has 0 atom stereocenters. The fraction of sp³-hybridized carbons (Fsp3) is 0.471. The van der Waals surface area contributed by atoms with Gasteiger partial charge in [0.1, 0.15) is 5.56 Å². The van der Waals surface area contributed by atoms with E-state index in [2.05, 4.69) is 4.98 Å². The van der Waals surface area contributed by atoms with Crippen molar-refractivity contribution in [2.24, 2.45) is 5.73 Å². The molecular weight excluding hydrogens is 296 g/mol. The van der Waals surface area contributed by atoms with Crippen LogP contribution >= 0.6 is 0 Å². The fourth-order valence-electron chi connectivity index (χ4n) is 2.23. The largest absolute Gasteiger partial charge is 0.481 e. The Hall–Kier alpha value is -2.37. The molecule has 0 radical (unpaired) electrons. The van der Waals surface area contributed by atoms with Crippen molar-refractivity contribution in [2.45, 2.75) is 51.4 Å². The molecule has 0 aromatic carbocycles. The van der Waals surface area contributed by atoms with E-state index >= 15 is 0 Å². The quantitative estimate of drug-likeness (QED) is 0.544. The van der Waals surface area contributed by atoms with E-state index < -0.39 is 11.9 Å². The van der Waals surface area contributed by atoms with Crippen molar-refractivity contribution >= 4 is 18.0 Å². The molecule has 1 aromatic rings. The van der Waals surface area contributed by atoms with E-state index in [-0.39, 0.29) is 17.4 Å². The SMILES string of the molecule is NC(=O)c1c[nH]c(/C=C\CCCCCCCCC(=O)O)cc1=O. The highest BCUT2D eigenvalue weighted by Gasteiger charge is 2.05. The lowest BCUT2D eigenvalue weighted by Gasteiger charge is -1.99. The second kappa shape index (κ2) is 10.4. The maximum Gasteiger partial charge on any atom is 0.303 e. The van der Waals surface area contributed by atoms with E-state index in [4.69, 9.17) is 10.8 Å². The maximum absolute atomic E-state index is 11.6. The van der Waals surface area contributed by atoms with Gasteiger partial charge in [-0.1, -0.05) is 31.8 Å². The molecule has 0 aliphatic carbocycles. The molecule has 0 aliphatic rings. The number of carbonyl (C=O) groups excluding carboxylic acids is 1. The number of unbranched alkanes of at least 4 members (excludes halogenated alkanes) is 6. The van der Waals surface area contributed by atoms with E-state index in [9.17, 15) is 14.4 Å². The lowest BCUT2D eigenvalue weighted by atomic mass is 10.1. The van der Waals surface area contributed by atoms with Crippen molar-refractivity contribution in [3.8, 4) is 0 Å². The van der Waals surface area contributed by atoms with Crippen LogP contribution in [0.3, 0.4) is 0 Å². The number of amides is 1. The molecule has 126 valence electrons. The van der Waals surface area contributed by atoms with Crippen molar-refractivity contribution in [1.29, 1.82) is 0 Å². The average molecular weight is 320 g/mol. The Morgan fingerprint density at radius 1 is 1.13 bits per heavy atom. The highest BCUT2D eigenvalue weighted by molar-refractivity contribution is 5.92. The van der Waals surface area contributed by atoms with E-state index in [1.807, 2.05) is 12.2 Å². The second-order valence-electron chi connectivity index (χ2n) is 5.49. The summed E-state index contributed by atoms with van der Waals surface area (Å²) in [5, 5.41) is 8.51. The zero-order chi connectivity index (χ0) is 17.1. The predicted octanol–water partition coefficient (Wildman–Crippen LogP) is 2.69. The summed E-state index contributed by atoms with van der Waals surface area (Å²) in [7, 11) is 0. The lowest BCUT2D eigenvalue weighted by Crippen LogP contribution is -2.21. The molecule has 1 amide bonds. The Kier molecular flexibility index (Phi) is 8.42. The van der Waals surface area contributed by atoms with Crippen molar-refractivity contribution in [3.05, 3.63) is 39.8 Å². The van der Waals surface area contributed by atoms with Crippen LogP contribution in [0.15, 0.2) is 23.1 Å². The Balaban J connectivity index is 2.17. The average Bonchev–Trinajstić information content (AvgIpc) is 2.48. The molecule has 4 N–H and O–H groups in total. The van der Waals surface area contributed by atoms with Crippen molar-refractivity contribution in [2.75, 3.05) is 0 Å². The second-order valence-corrected chi connectivity index (χ2v) is 5.49. The minimum Gasteiger partial charge on any atom is -0.481 e. The van der Waals surface area contributed by atoms with Crippen LogP contribution in [0, 0.1) is 0 Å². The summed E-state index contributed by atoms with van der Waals surface area (Å²) in [6.07, 6.45) is 12.4. The normalized spacial score (nSPS) is 11.0. The van der Waals surface area contributed by atoms with Gasteiger partial charge in [-0.2, -0.15) is 0 Å². The number of aromatic nitrogens is 1. The van der Waals surface area contributed by atoms with Crippen LogP contribution in [0.4, 0.5) is 0 Å². The molecule has 23 heavy (non-hydrogen) atoms. The molecule has 0 fully saturated rings. The number of hydrogen-bond acceptors (Lipinski definition) is 3. The number of nitrogens with one attached hydrogen (secondary N) is 1. The minimum absolute atomic E-state index is 0.0370. The summed E-state index contributed by atoms with van der Waals surface area (Å²) in [5.41, 5.74) is 5.30. The number of aliphatic carboxylic acids is 1. The van der Waals surface area contributed by atoms with Gasteiger partial charge in [0.2, 0.25) is 0 Å². The minimum atomic E-state index is -0.731. The molecule has 0 bridgehead atoms. The molecule has 6 nitrogen and oxygen atoms in total. The van der Waals surface area contributed by atoms with Gasteiger partial charge in [-0.25, -0.2) is 0 Å². The number of aromatic amines is 1. The number of carboxylic acids is 1. The van der Waals surface area contributed by atoms with Crippen LogP contribution in [-0.4, -0.2) is 22.0 Å². The number of rotatable bonds is 11. The van der Waals surface area contributed by atoms with Gasteiger partial charge in [-0.3, -0.25) is 14.4 Å². The molecule has 1 rings (SSSR count). The summed E-state index contributed by atoms with van der Waals surface area (Å²) < 4.78 is 0. The number of carbonyl (C=O) groups is 2. The Bertz CT molecular complexity index is 605. The first-order chi connectivity index (χ1) is 11.0. The third-order valence-corrected chi connectivity index (χ3v) is 3.51. The smallest absolute Gasteiger partial charge is 0.303 e. The fourth-order valence-corrected chi connectivity index (χ4v) is 2.23. The molecule has 6 heteroatoms. The van der Waals surface area contributed by atoms with Crippen LogP contribution in [0.1, 0.15) is 67.4 Å². The first kappa shape index (κ1) is 18.7. The number of carboxylic acid groups (broad SMARTS) is 1. The Labute approximate surface area is 135 Å². The van der Waals surface area contributed by atoms with Crippen LogP contribution in [0.25, 0.3) is 6.08 Å². The van der Waals surface area contributed by atoms with Gasteiger partial charge in [0.15, 0.2) is 5.43 Å². The van der Waals surface area contributed by atoms with Crippen LogP contribution < -0.4 is 11.2 Å². The number of allylic oxidation sites excluding steroid dienone is 1. The molecule has 0 saturated carbocycles. The van der Waals surface area contributed by atoms with E-state index in [0.717, 1.165) is 44.9 Å². The van der Waals surface area contributed by atoms with Gasteiger partial charge in [0.05, 0.1) is 0 Å². The van der Waals surface area contributed by atoms with Crippen LogP contribution in [0.2, 0.25) is 0 Å². The molecule has 0 spiro atoms. The molecule has 0 aliphatic heterocycles. The summed E-state index contributed by atoms with van der Waals surface area (Å²) in [5.74, 6) is -1.46. The third kappa shape index (κ3) is 7.99. The van der Waals surface area contributed by atoms with Crippen molar-refractivity contribution < 1.29 is 14.7 Å². The Morgan fingerprint density at radius 2 is 1.78 bits per heavy atom. The van der Waals surface area contributed by atoms with Crippen molar-refractivity contribution in [1.82, 2.24) is 4.98 Å². The molecule has 1 aromatic heterocycles. The molecule has 0 saturated heterocycles. The first-order valence-corrected chi connectivity index (χ1v) is 7.91. The maximum atomic E-state index is 11.6. The summed E-state index contributed by atoms with van der Waals surface area (Å²) in [6.45, 7) is 0. The lowest BCUT2D eigenvalue weighted by molar-refractivity contribution is -0.137. The van der Waals surface area contributed by atoms with Gasteiger partial charge < -0.3 is 15.8 Å². The first-order valence-electron chi connectivity index (χ1n) is 7.91. The van der Waals surface area contributed by atoms with Crippen LogP contribution in [-0.2, 0) is 4.79 Å². The van der Waals surface area contributed by atoms with Crippen molar-refractivity contribution in [3.63, 3.8) is 0 Å². The topological polar surface area (TPSA) is 113 Å². The van der Waals surface area contributed by atoms with E-state index in [1.165, 1.54) is 12.3 Å². The number of nitrogens with two attached hydrogens (primary N) is 1. The predicted molar refractivity (Wildman–Crippen MR) is 89.2 cm³/mol. The standard InChI is InChI=1S/C17H24N2O4/c18-17(23)14-12-19-13(11-15(14)20)9-7-5-3-1-2-4-6-8-10-16(21)22/h7,9,11-12H,1-6,8,10H2,(H2,18,23)(H,19,20)(H,21,22)/b9-7-. The zero-order valence-electron chi connectivity index (χ0n) is 13.2. The van der Waals surface area contributed by atoms with E-state index in [0.29, 0.717) is 5.69 Å². The molecular formula is C17H24N2O4. The highest BCUT2D eigenvalue weighted by Crippen LogP contribution is 2.09. The Morgan fingerprint density at radius 3 is 2.39 bits per heavy atom. The van der Waals surface area contributed by atoms with Crippen LogP contribution in [0.5, 0.6) is 0 Å². The number of hydrogen-bond donors (Lipinski definition) is 3. The monoisotopic (exact) mass is 320 g/mol. The summed E-state index contributed by atoms with van der Waals surface area (Å²) in [4.78, 5) is 35.7. The van der Waals surface area contributed by atoms with E-state index in [1.54, 1.807) is 0 Å². The highest BCUT2D eigenvalue weighted by atomic mass is 16.4. The third-order valence-electron chi connectivity index (χ3n) is 3.51. The van der Waals surface area contributed by atoms with Gasteiger partial charge in [-0.15, -0.1) is 0 Å². The van der Waals surface area contributed by atoms with Gasteiger partial charge in [0, 0.05) is 24.4 Å². The summed E-state index contributed by atoms with van der Waals surface area (Å²) in [6, 6.07) is 1.36. The zero-order valence-corrected chi connectivity index (χ0v) is 13.2. The van der Waals surface area contributed by atoms with Gasteiger partial charge in [-0.05, 0) is 25.3 Å². The molecule has 1 heterocycles. The molecule has 0 unspecified atom stereocenters.